The Labute approximate surface area is 123 Å². The number of benzene rings is 1. The van der Waals surface area contributed by atoms with E-state index in [2.05, 4.69) is 5.32 Å². The van der Waals surface area contributed by atoms with Gasteiger partial charge in [-0.15, -0.1) is 0 Å². The topological polar surface area (TPSA) is 75.6 Å². The van der Waals surface area contributed by atoms with Crippen molar-refractivity contribution in [2.75, 3.05) is 6.61 Å². The molecule has 1 aromatic carbocycles. The van der Waals surface area contributed by atoms with Crippen LogP contribution in [-0.4, -0.2) is 35.0 Å². The average Bonchev–Trinajstić information content (AvgIpc) is 2.88. The summed E-state index contributed by atoms with van der Waals surface area (Å²) in [6, 6.07) is 6.34. The predicted molar refractivity (Wildman–Crippen MR) is 76.2 cm³/mol. The van der Waals surface area contributed by atoms with Gasteiger partial charge in [0, 0.05) is 0 Å². The van der Waals surface area contributed by atoms with Gasteiger partial charge in [-0.2, -0.15) is 0 Å². The van der Waals surface area contributed by atoms with Crippen LogP contribution in [0.1, 0.15) is 42.5 Å². The molecule has 0 radical (unpaired) electrons. The zero-order valence-corrected chi connectivity index (χ0v) is 11.8. The minimum atomic E-state index is -0.902. The first-order valence-electron chi connectivity index (χ1n) is 7.35. The van der Waals surface area contributed by atoms with E-state index < -0.39 is 11.6 Å². The summed E-state index contributed by atoms with van der Waals surface area (Å²) in [4.78, 5) is 24.4. The van der Waals surface area contributed by atoms with Gasteiger partial charge in [-0.3, -0.25) is 9.59 Å². The first-order chi connectivity index (χ1) is 10.1. The summed E-state index contributed by atoms with van der Waals surface area (Å²) < 4.78 is 5.50. The molecule has 1 atom stereocenters. The first kappa shape index (κ1) is 14.1. The maximum absolute atomic E-state index is 12.3. The Kier molecular flexibility index (Phi) is 3.68. The van der Waals surface area contributed by atoms with Gasteiger partial charge in [-0.05, 0) is 25.0 Å². The predicted octanol–water partition coefficient (Wildman–Crippen LogP) is 1.44. The fourth-order valence-electron chi connectivity index (χ4n) is 3.09. The van der Waals surface area contributed by atoms with E-state index in [1.54, 1.807) is 24.3 Å². The number of nitrogens with one attached hydrogen (secondary N) is 1. The summed E-state index contributed by atoms with van der Waals surface area (Å²) in [6.45, 7) is 0.139. The normalized spacial score (nSPS) is 23.3. The molecule has 5 nitrogen and oxygen atoms in total. The zero-order chi connectivity index (χ0) is 14.9. The highest BCUT2D eigenvalue weighted by Crippen LogP contribution is 2.32. The number of para-hydroxylation sites is 1. The number of fused-ring (bicyclic) bond motifs is 1. The standard InChI is InChI=1S/C16H19NO4/c18-14(9-16(20)7-3-4-8-16)17-12-10-21-13-6-2-1-5-11(13)15(12)19/h1-2,5-6,12,20H,3-4,7-10H2,(H,17,18). The van der Waals surface area contributed by atoms with Crippen LogP contribution in [0.25, 0.3) is 0 Å². The molecule has 2 N–H and O–H groups in total. The SMILES string of the molecule is O=C(CC1(O)CCCC1)NC1COc2ccccc2C1=O. The number of Topliss-reactive ketones (excluding diaryl/α,β-unsaturated/α-hetero) is 1. The molecule has 0 aromatic heterocycles. The molecule has 1 aliphatic heterocycles. The van der Waals surface area contributed by atoms with Gasteiger partial charge in [-0.1, -0.05) is 25.0 Å². The van der Waals surface area contributed by atoms with Crippen LogP contribution in [0, 0.1) is 0 Å². The molecule has 5 heteroatoms. The Morgan fingerprint density at radius 2 is 2.05 bits per heavy atom. The summed E-state index contributed by atoms with van der Waals surface area (Å²) in [5.74, 6) is 0.131. The highest BCUT2D eigenvalue weighted by Gasteiger charge is 2.35. The van der Waals surface area contributed by atoms with Crippen molar-refractivity contribution in [1.29, 1.82) is 0 Å². The first-order valence-corrected chi connectivity index (χ1v) is 7.35. The van der Waals surface area contributed by atoms with Crippen molar-refractivity contribution < 1.29 is 19.4 Å². The maximum atomic E-state index is 12.3. The number of hydrogen-bond donors (Lipinski definition) is 2. The summed E-state index contributed by atoms with van der Waals surface area (Å²) >= 11 is 0. The van der Waals surface area contributed by atoms with E-state index in [1.165, 1.54) is 0 Å². The molecule has 112 valence electrons. The number of amides is 1. The Morgan fingerprint density at radius 3 is 2.81 bits per heavy atom. The number of ketones is 1. The van der Waals surface area contributed by atoms with Crippen molar-refractivity contribution in [3.63, 3.8) is 0 Å². The number of aliphatic hydroxyl groups is 1. The third-order valence-electron chi connectivity index (χ3n) is 4.23. The van der Waals surface area contributed by atoms with Crippen molar-refractivity contribution in [1.82, 2.24) is 5.32 Å². The van der Waals surface area contributed by atoms with Crippen LogP contribution in [0.2, 0.25) is 0 Å². The van der Waals surface area contributed by atoms with Gasteiger partial charge >= 0.3 is 0 Å². The average molecular weight is 289 g/mol. The van der Waals surface area contributed by atoms with Crippen molar-refractivity contribution in [2.45, 2.75) is 43.7 Å². The molecule has 1 aromatic rings. The van der Waals surface area contributed by atoms with Crippen LogP contribution in [0.5, 0.6) is 5.75 Å². The molecular formula is C16H19NO4. The smallest absolute Gasteiger partial charge is 0.223 e. The summed E-state index contributed by atoms with van der Waals surface area (Å²) in [5.41, 5.74) is -0.408. The quantitative estimate of drug-likeness (QED) is 0.883. The molecule has 1 fully saturated rings. The zero-order valence-electron chi connectivity index (χ0n) is 11.8. The highest BCUT2D eigenvalue weighted by molar-refractivity contribution is 6.04. The maximum Gasteiger partial charge on any atom is 0.223 e. The Morgan fingerprint density at radius 1 is 1.33 bits per heavy atom. The molecule has 1 amide bonds. The van der Waals surface area contributed by atoms with Crippen molar-refractivity contribution in [2.24, 2.45) is 0 Å². The van der Waals surface area contributed by atoms with E-state index in [1.807, 2.05) is 0 Å². The third-order valence-corrected chi connectivity index (χ3v) is 4.23. The van der Waals surface area contributed by atoms with E-state index in [0.717, 1.165) is 12.8 Å². The lowest BCUT2D eigenvalue weighted by molar-refractivity contribution is -0.126. The molecule has 0 saturated heterocycles. The second-order valence-electron chi connectivity index (χ2n) is 5.90. The van der Waals surface area contributed by atoms with E-state index >= 15 is 0 Å². The monoisotopic (exact) mass is 289 g/mol. The lowest BCUT2D eigenvalue weighted by Crippen LogP contribution is -2.48. The van der Waals surface area contributed by atoms with E-state index in [0.29, 0.717) is 24.2 Å². The van der Waals surface area contributed by atoms with Crippen LogP contribution in [-0.2, 0) is 4.79 Å². The molecule has 1 unspecified atom stereocenters. The van der Waals surface area contributed by atoms with Gasteiger partial charge in [0.15, 0.2) is 5.78 Å². The van der Waals surface area contributed by atoms with Crippen LogP contribution in [0.4, 0.5) is 0 Å². The lowest BCUT2D eigenvalue weighted by atomic mass is 9.96. The Bertz CT molecular complexity index is 563. The van der Waals surface area contributed by atoms with Gasteiger partial charge in [-0.25, -0.2) is 0 Å². The summed E-state index contributed by atoms with van der Waals surface area (Å²) in [5, 5.41) is 12.9. The number of carbonyl (C=O) groups is 2. The lowest BCUT2D eigenvalue weighted by Gasteiger charge is -2.27. The van der Waals surface area contributed by atoms with Crippen molar-refractivity contribution in [3.05, 3.63) is 29.8 Å². The van der Waals surface area contributed by atoms with Crippen LogP contribution in [0.3, 0.4) is 0 Å². The Hall–Kier alpha value is -1.88. The fourth-order valence-corrected chi connectivity index (χ4v) is 3.09. The van der Waals surface area contributed by atoms with Gasteiger partial charge in [0.05, 0.1) is 17.6 Å². The van der Waals surface area contributed by atoms with Crippen LogP contribution >= 0.6 is 0 Å². The molecule has 1 aliphatic carbocycles. The molecule has 21 heavy (non-hydrogen) atoms. The molecular weight excluding hydrogens is 270 g/mol. The Balaban J connectivity index is 1.63. The largest absolute Gasteiger partial charge is 0.490 e. The van der Waals surface area contributed by atoms with Crippen LogP contribution in [0.15, 0.2) is 24.3 Å². The van der Waals surface area contributed by atoms with E-state index in [-0.39, 0.29) is 24.7 Å². The third kappa shape index (κ3) is 2.93. The molecule has 0 spiro atoms. The number of ether oxygens (including phenoxy) is 1. The fraction of sp³-hybridized carbons (Fsp3) is 0.500. The second-order valence-corrected chi connectivity index (χ2v) is 5.90. The molecule has 1 saturated carbocycles. The summed E-state index contributed by atoms with van der Waals surface area (Å²) in [6.07, 6.45) is 3.25. The minimum absolute atomic E-state index is 0.0540. The number of hydrogen-bond acceptors (Lipinski definition) is 4. The van der Waals surface area contributed by atoms with E-state index in [9.17, 15) is 14.7 Å². The van der Waals surface area contributed by atoms with E-state index in [4.69, 9.17) is 4.74 Å². The van der Waals surface area contributed by atoms with Crippen molar-refractivity contribution in [3.8, 4) is 5.75 Å². The molecule has 0 bridgehead atoms. The van der Waals surface area contributed by atoms with Gasteiger partial charge in [0.1, 0.15) is 18.4 Å². The second kappa shape index (κ2) is 5.48. The van der Waals surface area contributed by atoms with Crippen molar-refractivity contribution >= 4 is 11.7 Å². The highest BCUT2D eigenvalue weighted by atomic mass is 16.5. The van der Waals surface area contributed by atoms with Gasteiger partial charge in [0.2, 0.25) is 5.91 Å². The number of carbonyl (C=O) groups excluding carboxylic acids is 2. The van der Waals surface area contributed by atoms with Gasteiger partial charge in [0.25, 0.3) is 0 Å². The minimum Gasteiger partial charge on any atom is -0.490 e. The van der Waals surface area contributed by atoms with Crippen LogP contribution < -0.4 is 10.1 Å². The molecule has 2 aliphatic rings. The molecule has 1 heterocycles. The molecule has 3 rings (SSSR count). The van der Waals surface area contributed by atoms with Gasteiger partial charge < -0.3 is 15.2 Å². The summed E-state index contributed by atoms with van der Waals surface area (Å²) in [7, 11) is 0. The number of rotatable bonds is 3.